The summed E-state index contributed by atoms with van der Waals surface area (Å²) in [6.07, 6.45) is 4.99. The van der Waals surface area contributed by atoms with Gasteiger partial charge < -0.3 is 14.8 Å². The lowest BCUT2D eigenvalue weighted by Crippen LogP contribution is -2.86. The highest BCUT2D eigenvalue weighted by Gasteiger charge is 2.38. The van der Waals surface area contributed by atoms with Crippen molar-refractivity contribution >= 4 is 43.8 Å². The number of esters is 2. The summed E-state index contributed by atoms with van der Waals surface area (Å²) in [5.74, 6) is -0.0221. The van der Waals surface area contributed by atoms with Gasteiger partial charge in [-0.15, -0.1) is 0 Å². The minimum absolute atomic E-state index is 0.0712. The summed E-state index contributed by atoms with van der Waals surface area (Å²) in [7, 11) is 0. The molecule has 0 bridgehead atoms. The van der Waals surface area contributed by atoms with Gasteiger partial charge in [0.05, 0.1) is 19.0 Å². The van der Waals surface area contributed by atoms with Crippen molar-refractivity contribution in [1.29, 1.82) is 0 Å². The first-order valence-corrected chi connectivity index (χ1v) is 10.7. The molecule has 5 nitrogen and oxygen atoms in total. The van der Waals surface area contributed by atoms with Crippen LogP contribution in [0.1, 0.15) is 52.4 Å². The molecule has 2 N–H and O–H groups in total. The summed E-state index contributed by atoms with van der Waals surface area (Å²) in [4.78, 5) is 24.1. The SMILES string of the molecule is CC(C)(OC(=O)C1CCC(OC(=O)C(Br)Br)CC1)C1CC[NH2+]CC1. The molecule has 7 heteroatoms. The molecular formula is C17H28Br2NO4+. The average molecular weight is 470 g/mol. The molecule has 0 atom stereocenters. The first kappa shape index (κ1) is 20.2. The zero-order valence-corrected chi connectivity index (χ0v) is 17.6. The van der Waals surface area contributed by atoms with Crippen molar-refractivity contribution in [2.24, 2.45) is 11.8 Å². The summed E-state index contributed by atoms with van der Waals surface area (Å²) < 4.78 is 10.8. The predicted molar refractivity (Wildman–Crippen MR) is 98.0 cm³/mol. The maximum atomic E-state index is 12.5. The van der Waals surface area contributed by atoms with Crippen LogP contribution in [0.15, 0.2) is 0 Å². The molecule has 2 fully saturated rings. The zero-order chi connectivity index (χ0) is 17.7. The Bertz CT molecular complexity index is 442. The molecule has 138 valence electrons. The van der Waals surface area contributed by atoms with E-state index >= 15 is 0 Å². The third kappa shape index (κ3) is 5.70. The minimum Gasteiger partial charge on any atom is -0.461 e. The number of rotatable bonds is 5. The number of hydrogen-bond donors (Lipinski definition) is 1. The summed E-state index contributed by atoms with van der Waals surface area (Å²) in [5.41, 5.74) is -0.395. The van der Waals surface area contributed by atoms with Crippen LogP contribution in [-0.4, -0.2) is 40.5 Å². The number of quaternary nitrogens is 1. The van der Waals surface area contributed by atoms with Crippen LogP contribution in [0.3, 0.4) is 0 Å². The van der Waals surface area contributed by atoms with Gasteiger partial charge in [-0.25, -0.2) is 4.79 Å². The molecule has 0 radical (unpaired) electrons. The molecule has 0 aromatic carbocycles. The lowest BCUT2D eigenvalue weighted by molar-refractivity contribution is -0.665. The number of halogens is 2. The van der Waals surface area contributed by atoms with Gasteiger partial charge in [-0.2, -0.15) is 0 Å². The molecule has 0 unspecified atom stereocenters. The highest BCUT2D eigenvalue weighted by Crippen LogP contribution is 2.33. The van der Waals surface area contributed by atoms with Crippen molar-refractivity contribution in [3.63, 3.8) is 0 Å². The van der Waals surface area contributed by atoms with E-state index in [2.05, 4.69) is 37.2 Å². The Balaban J connectivity index is 1.78. The van der Waals surface area contributed by atoms with E-state index in [1.165, 1.54) is 0 Å². The summed E-state index contributed by atoms with van der Waals surface area (Å²) in [6, 6.07) is 0. The molecule has 0 aromatic heterocycles. The minimum atomic E-state index is -0.471. The Labute approximate surface area is 160 Å². The van der Waals surface area contributed by atoms with Gasteiger partial charge >= 0.3 is 11.9 Å². The number of alkyl halides is 2. The fraction of sp³-hybridized carbons (Fsp3) is 0.882. The normalized spacial score (nSPS) is 26.2. The third-order valence-electron chi connectivity index (χ3n) is 5.25. The molecule has 0 aromatic rings. The van der Waals surface area contributed by atoms with Crippen molar-refractivity contribution in [2.45, 2.75) is 67.8 Å². The third-order valence-corrected chi connectivity index (χ3v) is 6.00. The fourth-order valence-electron chi connectivity index (χ4n) is 3.68. The second-order valence-corrected chi connectivity index (χ2v) is 10.4. The van der Waals surface area contributed by atoms with E-state index in [4.69, 9.17) is 9.47 Å². The second kappa shape index (κ2) is 8.99. The van der Waals surface area contributed by atoms with Crippen molar-refractivity contribution in [2.75, 3.05) is 13.1 Å². The van der Waals surface area contributed by atoms with Crippen LogP contribution >= 0.6 is 31.9 Å². The van der Waals surface area contributed by atoms with Gasteiger partial charge in [0, 0.05) is 18.8 Å². The molecular weight excluding hydrogens is 442 g/mol. The van der Waals surface area contributed by atoms with E-state index < -0.39 is 9.34 Å². The van der Waals surface area contributed by atoms with E-state index in [1.54, 1.807) is 0 Å². The highest BCUT2D eigenvalue weighted by molar-refractivity contribution is 9.25. The Morgan fingerprint density at radius 3 is 2.17 bits per heavy atom. The average Bonchev–Trinajstić information content (AvgIpc) is 2.55. The van der Waals surface area contributed by atoms with Crippen molar-refractivity contribution in [3.05, 3.63) is 0 Å². The number of nitrogens with two attached hydrogens (primary N) is 1. The van der Waals surface area contributed by atoms with Gasteiger partial charge in [-0.1, -0.05) is 31.9 Å². The Kier molecular flexibility index (Phi) is 7.56. The van der Waals surface area contributed by atoms with E-state index in [1.807, 2.05) is 13.8 Å². The van der Waals surface area contributed by atoms with E-state index in [-0.39, 0.29) is 24.0 Å². The number of piperidine rings is 1. The quantitative estimate of drug-likeness (QED) is 0.496. The molecule has 1 aliphatic heterocycles. The van der Waals surface area contributed by atoms with Crippen LogP contribution in [0.4, 0.5) is 0 Å². The maximum Gasteiger partial charge on any atom is 0.330 e. The van der Waals surface area contributed by atoms with Gasteiger partial charge in [-0.05, 0) is 39.5 Å². The van der Waals surface area contributed by atoms with Crippen LogP contribution in [0.5, 0.6) is 0 Å². The van der Waals surface area contributed by atoms with Gasteiger partial charge in [0.15, 0.2) is 3.74 Å². The summed E-state index contributed by atoms with van der Waals surface area (Å²) >= 11 is 6.28. The number of hydrogen-bond acceptors (Lipinski definition) is 4. The number of carbonyl (C=O) groups excluding carboxylic acids is 2. The topological polar surface area (TPSA) is 69.2 Å². The van der Waals surface area contributed by atoms with E-state index in [0.29, 0.717) is 5.92 Å². The molecule has 0 spiro atoms. The zero-order valence-electron chi connectivity index (χ0n) is 14.4. The van der Waals surface area contributed by atoms with Crippen molar-refractivity contribution < 1.29 is 24.4 Å². The van der Waals surface area contributed by atoms with Crippen LogP contribution in [0.25, 0.3) is 0 Å². The molecule has 24 heavy (non-hydrogen) atoms. The first-order valence-electron chi connectivity index (χ1n) is 8.82. The molecule has 0 amide bonds. The first-order chi connectivity index (χ1) is 11.3. The van der Waals surface area contributed by atoms with Gasteiger partial charge in [0.25, 0.3) is 0 Å². The number of ether oxygens (including phenoxy) is 2. The Morgan fingerprint density at radius 2 is 1.62 bits per heavy atom. The maximum absolute atomic E-state index is 12.5. The largest absolute Gasteiger partial charge is 0.461 e. The summed E-state index contributed by atoms with van der Waals surface area (Å²) in [6.45, 7) is 6.31. The molecule has 1 aliphatic carbocycles. The monoisotopic (exact) mass is 468 g/mol. The standard InChI is InChI=1S/C17H27Br2NO4/c1-17(2,12-7-9-20-10-8-12)24-15(21)11-3-5-13(6-4-11)23-16(22)14(18)19/h11-14,20H,3-10H2,1-2H3/p+1. The summed E-state index contributed by atoms with van der Waals surface area (Å²) in [5, 5.41) is 2.32. The fourth-order valence-corrected chi connectivity index (χ4v) is 3.90. The molecule has 2 rings (SSSR count). The lowest BCUT2D eigenvalue weighted by Gasteiger charge is -2.37. The van der Waals surface area contributed by atoms with Crippen LogP contribution in [-0.2, 0) is 19.1 Å². The van der Waals surface area contributed by atoms with Crippen LogP contribution in [0.2, 0.25) is 0 Å². The molecule has 2 aliphatic rings. The predicted octanol–water partition coefficient (Wildman–Crippen LogP) is 2.50. The van der Waals surface area contributed by atoms with Crippen molar-refractivity contribution in [1.82, 2.24) is 0 Å². The van der Waals surface area contributed by atoms with E-state index in [9.17, 15) is 9.59 Å². The second-order valence-electron chi connectivity index (χ2n) is 7.38. The van der Waals surface area contributed by atoms with E-state index in [0.717, 1.165) is 51.6 Å². The van der Waals surface area contributed by atoms with Gasteiger partial charge in [0.1, 0.15) is 11.7 Å². The van der Waals surface area contributed by atoms with Crippen molar-refractivity contribution in [3.8, 4) is 0 Å². The van der Waals surface area contributed by atoms with Gasteiger partial charge in [0.2, 0.25) is 0 Å². The van der Waals surface area contributed by atoms with Crippen LogP contribution < -0.4 is 5.32 Å². The Hall–Kier alpha value is -0.140. The van der Waals surface area contributed by atoms with Gasteiger partial charge in [-0.3, -0.25) is 4.79 Å². The smallest absolute Gasteiger partial charge is 0.330 e. The molecule has 1 saturated heterocycles. The Morgan fingerprint density at radius 1 is 1.04 bits per heavy atom. The van der Waals surface area contributed by atoms with Crippen LogP contribution in [0, 0.1) is 11.8 Å². The number of carbonyl (C=O) groups is 2. The molecule has 1 heterocycles. The molecule has 1 saturated carbocycles. The highest BCUT2D eigenvalue weighted by atomic mass is 79.9. The lowest BCUT2D eigenvalue weighted by atomic mass is 9.82.